The zero-order chi connectivity index (χ0) is 13.3. The van der Waals surface area contributed by atoms with Crippen LogP contribution in [-0.2, 0) is 14.3 Å². The normalized spacial score (nSPS) is 10.7. The standard InChI is InChI=1S/C12H24N2O3/c1-5-6-14(9-12(16)17-4)8-11(15)13-7-10(2)3/h10H,5-9H2,1-4H3,(H,13,15). The van der Waals surface area contributed by atoms with E-state index in [0.717, 1.165) is 6.42 Å². The second-order valence-corrected chi connectivity index (χ2v) is 4.48. The van der Waals surface area contributed by atoms with Crippen LogP contribution < -0.4 is 5.32 Å². The second kappa shape index (κ2) is 8.98. The van der Waals surface area contributed by atoms with Crippen LogP contribution in [0.2, 0.25) is 0 Å². The number of nitrogens with zero attached hydrogens (tertiary/aromatic N) is 1. The minimum atomic E-state index is -0.310. The summed E-state index contributed by atoms with van der Waals surface area (Å²) in [5, 5.41) is 2.83. The van der Waals surface area contributed by atoms with Crippen LogP contribution in [-0.4, -0.2) is 50.1 Å². The molecule has 0 aliphatic rings. The Morgan fingerprint density at radius 1 is 1.29 bits per heavy atom. The Morgan fingerprint density at radius 2 is 1.94 bits per heavy atom. The molecule has 0 heterocycles. The van der Waals surface area contributed by atoms with E-state index in [0.29, 0.717) is 19.0 Å². The summed E-state index contributed by atoms with van der Waals surface area (Å²) >= 11 is 0. The summed E-state index contributed by atoms with van der Waals surface area (Å²) in [6.07, 6.45) is 0.897. The maximum Gasteiger partial charge on any atom is 0.319 e. The van der Waals surface area contributed by atoms with Crippen molar-refractivity contribution >= 4 is 11.9 Å². The number of hydrogen-bond acceptors (Lipinski definition) is 4. The number of rotatable bonds is 8. The van der Waals surface area contributed by atoms with E-state index in [4.69, 9.17) is 0 Å². The number of hydrogen-bond donors (Lipinski definition) is 1. The van der Waals surface area contributed by atoms with Gasteiger partial charge in [0, 0.05) is 6.54 Å². The first-order valence-corrected chi connectivity index (χ1v) is 6.05. The zero-order valence-corrected chi connectivity index (χ0v) is 11.3. The Balaban J connectivity index is 4.05. The maximum atomic E-state index is 11.6. The van der Waals surface area contributed by atoms with Crippen molar-refractivity contribution in [3.63, 3.8) is 0 Å². The molecule has 0 aromatic heterocycles. The molecular weight excluding hydrogens is 220 g/mol. The van der Waals surface area contributed by atoms with Gasteiger partial charge in [-0.25, -0.2) is 0 Å². The highest BCUT2D eigenvalue weighted by atomic mass is 16.5. The van der Waals surface area contributed by atoms with E-state index in [1.54, 1.807) is 4.90 Å². The van der Waals surface area contributed by atoms with Crippen LogP contribution >= 0.6 is 0 Å². The third-order valence-electron chi connectivity index (χ3n) is 2.19. The summed E-state index contributed by atoms with van der Waals surface area (Å²) in [6.45, 7) is 7.88. The highest BCUT2D eigenvalue weighted by Gasteiger charge is 2.13. The Morgan fingerprint density at radius 3 is 2.41 bits per heavy atom. The summed E-state index contributed by atoms with van der Waals surface area (Å²) in [6, 6.07) is 0. The molecule has 0 unspecified atom stereocenters. The Labute approximate surface area is 103 Å². The smallest absolute Gasteiger partial charge is 0.319 e. The number of carbonyl (C=O) groups excluding carboxylic acids is 2. The molecule has 17 heavy (non-hydrogen) atoms. The fraction of sp³-hybridized carbons (Fsp3) is 0.833. The molecular formula is C12H24N2O3. The zero-order valence-electron chi connectivity index (χ0n) is 11.3. The van der Waals surface area contributed by atoms with Crippen LogP contribution in [0.5, 0.6) is 0 Å². The van der Waals surface area contributed by atoms with Crippen molar-refractivity contribution < 1.29 is 14.3 Å². The molecule has 1 amide bonds. The van der Waals surface area contributed by atoms with Gasteiger partial charge in [0.25, 0.3) is 0 Å². The van der Waals surface area contributed by atoms with Crippen molar-refractivity contribution in [2.45, 2.75) is 27.2 Å². The molecule has 0 aromatic rings. The lowest BCUT2D eigenvalue weighted by molar-refractivity contribution is -0.142. The number of methoxy groups -OCH3 is 1. The van der Waals surface area contributed by atoms with Crippen LogP contribution in [0, 0.1) is 5.92 Å². The van der Waals surface area contributed by atoms with Crippen molar-refractivity contribution in [3.05, 3.63) is 0 Å². The first-order valence-electron chi connectivity index (χ1n) is 6.05. The van der Waals surface area contributed by atoms with Crippen molar-refractivity contribution in [2.75, 3.05) is 33.3 Å². The highest BCUT2D eigenvalue weighted by Crippen LogP contribution is 1.93. The molecule has 0 aromatic carbocycles. The minimum absolute atomic E-state index is 0.0453. The summed E-state index contributed by atoms with van der Waals surface area (Å²) in [7, 11) is 1.35. The van der Waals surface area contributed by atoms with E-state index in [-0.39, 0.29) is 25.0 Å². The van der Waals surface area contributed by atoms with Gasteiger partial charge in [-0.1, -0.05) is 20.8 Å². The molecule has 5 nitrogen and oxygen atoms in total. The molecule has 0 radical (unpaired) electrons. The van der Waals surface area contributed by atoms with Gasteiger partial charge in [0.15, 0.2) is 0 Å². The van der Waals surface area contributed by atoms with E-state index in [9.17, 15) is 9.59 Å². The van der Waals surface area contributed by atoms with Gasteiger partial charge < -0.3 is 10.1 Å². The maximum absolute atomic E-state index is 11.6. The molecule has 0 atom stereocenters. The fourth-order valence-corrected chi connectivity index (χ4v) is 1.35. The van der Waals surface area contributed by atoms with Crippen LogP contribution in [0.1, 0.15) is 27.2 Å². The van der Waals surface area contributed by atoms with Gasteiger partial charge in [0.05, 0.1) is 20.2 Å². The van der Waals surface area contributed by atoms with Crippen molar-refractivity contribution in [3.8, 4) is 0 Å². The van der Waals surface area contributed by atoms with Gasteiger partial charge in [-0.2, -0.15) is 0 Å². The third-order valence-corrected chi connectivity index (χ3v) is 2.19. The molecule has 0 aliphatic carbocycles. The number of amides is 1. The Kier molecular flexibility index (Phi) is 8.40. The Bertz CT molecular complexity index is 242. The van der Waals surface area contributed by atoms with Gasteiger partial charge in [-0.05, 0) is 18.9 Å². The van der Waals surface area contributed by atoms with Crippen molar-refractivity contribution in [1.29, 1.82) is 0 Å². The molecule has 1 N–H and O–H groups in total. The summed E-state index contributed by atoms with van der Waals surface area (Å²) in [5.41, 5.74) is 0. The highest BCUT2D eigenvalue weighted by molar-refractivity contribution is 5.79. The predicted octanol–water partition coefficient (Wildman–Crippen LogP) is 0.644. The summed E-state index contributed by atoms with van der Waals surface area (Å²) in [4.78, 5) is 24.5. The number of esters is 1. The molecule has 0 fully saturated rings. The van der Waals surface area contributed by atoms with E-state index in [1.165, 1.54) is 7.11 Å². The Hall–Kier alpha value is -1.10. The van der Waals surface area contributed by atoms with Crippen molar-refractivity contribution in [2.24, 2.45) is 5.92 Å². The first-order chi connectivity index (χ1) is 7.99. The van der Waals surface area contributed by atoms with Gasteiger partial charge in [0.2, 0.25) is 5.91 Å². The monoisotopic (exact) mass is 244 g/mol. The van der Waals surface area contributed by atoms with E-state index >= 15 is 0 Å². The number of carbonyl (C=O) groups is 2. The average molecular weight is 244 g/mol. The van der Waals surface area contributed by atoms with E-state index in [2.05, 4.69) is 10.1 Å². The quantitative estimate of drug-likeness (QED) is 0.637. The van der Waals surface area contributed by atoms with Gasteiger partial charge in [-0.15, -0.1) is 0 Å². The van der Waals surface area contributed by atoms with Crippen LogP contribution in [0.3, 0.4) is 0 Å². The molecule has 0 saturated carbocycles. The topological polar surface area (TPSA) is 58.6 Å². The van der Waals surface area contributed by atoms with Crippen LogP contribution in [0.25, 0.3) is 0 Å². The van der Waals surface area contributed by atoms with Crippen LogP contribution in [0.4, 0.5) is 0 Å². The molecule has 0 aliphatic heterocycles. The SMILES string of the molecule is CCCN(CC(=O)NCC(C)C)CC(=O)OC. The molecule has 0 spiro atoms. The fourth-order valence-electron chi connectivity index (χ4n) is 1.35. The first kappa shape index (κ1) is 15.9. The number of ether oxygens (including phenoxy) is 1. The molecule has 0 bridgehead atoms. The van der Waals surface area contributed by atoms with Gasteiger partial charge >= 0.3 is 5.97 Å². The molecule has 0 rings (SSSR count). The lowest BCUT2D eigenvalue weighted by Gasteiger charge is -2.19. The predicted molar refractivity (Wildman–Crippen MR) is 66.6 cm³/mol. The molecule has 0 saturated heterocycles. The average Bonchev–Trinajstić information content (AvgIpc) is 2.26. The molecule has 100 valence electrons. The van der Waals surface area contributed by atoms with E-state index < -0.39 is 0 Å². The lowest BCUT2D eigenvalue weighted by Crippen LogP contribution is -2.41. The van der Waals surface area contributed by atoms with Crippen LogP contribution in [0.15, 0.2) is 0 Å². The minimum Gasteiger partial charge on any atom is -0.468 e. The second-order valence-electron chi connectivity index (χ2n) is 4.48. The summed E-state index contributed by atoms with van der Waals surface area (Å²) in [5.74, 6) is 0.0744. The van der Waals surface area contributed by atoms with Gasteiger partial charge in [0.1, 0.15) is 0 Å². The van der Waals surface area contributed by atoms with Crippen molar-refractivity contribution in [1.82, 2.24) is 10.2 Å². The third kappa shape index (κ3) is 8.68. The molecule has 5 heteroatoms. The summed E-state index contributed by atoms with van der Waals surface area (Å²) < 4.78 is 4.59. The lowest BCUT2D eigenvalue weighted by atomic mass is 10.2. The number of nitrogens with one attached hydrogen (secondary N) is 1. The largest absolute Gasteiger partial charge is 0.468 e. The van der Waals surface area contributed by atoms with E-state index in [1.807, 2.05) is 20.8 Å². The van der Waals surface area contributed by atoms with Gasteiger partial charge in [-0.3, -0.25) is 14.5 Å².